The maximum Gasteiger partial charge on any atom is 0.330 e. The van der Waals surface area contributed by atoms with E-state index < -0.39 is 0 Å². The lowest BCUT2D eigenvalue weighted by molar-refractivity contribution is -0.134. The Hall–Kier alpha value is -2.03. The first-order valence-electron chi connectivity index (χ1n) is 6.33. The van der Waals surface area contributed by atoms with Crippen molar-refractivity contribution in [2.75, 3.05) is 14.2 Å². The molecule has 2 rings (SSSR count). The normalized spacial score (nSPS) is 12.9. The monoisotopic (exact) mass is 260 g/mol. The van der Waals surface area contributed by atoms with Gasteiger partial charge in [0.05, 0.1) is 14.2 Å². The van der Waals surface area contributed by atoms with Crippen LogP contribution >= 0.6 is 0 Å². The number of methoxy groups -OCH3 is 2. The molecule has 0 aromatic heterocycles. The molecule has 0 spiro atoms. The minimum atomic E-state index is -0.362. The van der Waals surface area contributed by atoms with Crippen molar-refractivity contribution in [3.8, 4) is 5.75 Å². The highest BCUT2D eigenvalue weighted by Crippen LogP contribution is 2.15. The molecule has 1 aromatic rings. The summed E-state index contributed by atoms with van der Waals surface area (Å²) in [5.41, 5.74) is 1.04. The summed E-state index contributed by atoms with van der Waals surface area (Å²) < 4.78 is 9.50. The molecule has 0 atom stereocenters. The van der Waals surface area contributed by atoms with Crippen molar-refractivity contribution in [2.45, 2.75) is 19.3 Å². The molecule has 19 heavy (non-hydrogen) atoms. The molecule has 0 saturated heterocycles. The number of allylic oxidation sites excluding steroid dienone is 2. The van der Waals surface area contributed by atoms with Crippen molar-refractivity contribution in [1.82, 2.24) is 0 Å². The summed E-state index contributed by atoms with van der Waals surface area (Å²) in [6.45, 7) is 0. The van der Waals surface area contributed by atoms with Gasteiger partial charge in [-0.2, -0.15) is 0 Å². The number of carbonyl (C=O) groups is 1. The third kappa shape index (κ3) is 7.82. The van der Waals surface area contributed by atoms with Crippen LogP contribution in [-0.4, -0.2) is 20.2 Å². The van der Waals surface area contributed by atoms with Crippen molar-refractivity contribution >= 4 is 12.0 Å². The summed E-state index contributed by atoms with van der Waals surface area (Å²) >= 11 is 0. The molecule has 0 heterocycles. The quantitative estimate of drug-likeness (QED) is 0.471. The summed E-state index contributed by atoms with van der Waals surface area (Å²) in [7, 11) is 2.98. The van der Waals surface area contributed by atoms with Crippen LogP contribution in [0.1, 0.15) is 24.8 Å². The molecule has 0 aliphatic heterocycles. The molecule has 0 amide bonds. The van der Waals surface area contributed by atoms with Crippen molar-refractivity contribution in [2.24, 2.45) is 0 Å². The third-order valence-electron chi connectivity index (χ3n) is 2.30. The molecule has 1 saturated carbocycles. The molecule has 3 nitrogen and oxygen atoms in total. The van der Waals surface area contributed by atoms with Gasteiger partial charge in [0.25, 0.3) is 0 Å². The molecule has 3 heteroatoms. The molecule has 0 unspecified atom stereocenters. The minimum Gasteiger partial charge on any atom is -0.497 e. The lowest BCUT2D eigenvalue weighted by Crippen LogP contribution is -1.92. The van der Waals surface area contributed by atoms with E-state index in [-0.39, 0.29) is 5.97 Å². The zero-order valence-corrected chi connectivity index (χ0v) is 11.5. The first-order chi connectivity index (χ1) is 9.26. The van der Waals surface area contributed by atoms with Crippen LogP contribution in [0.25, 0.3) is 6.08 Å². The van der Waals surface area contributed by atoms with E-state index in [4.69, 9.17) is 4.74 Å². The highest BCUT2D eigenvalue weighted by Gasteiger charge is 1.95. The Labute approximate surface area is 114 Å². The Bertz CT molecular complexity index is 425. The van der Waals surface area contributed by atoms with Crippen molar-refractivity contribution < 1.29 is 14.3 Å². The van der Waals surface area contributed by atoms with Gasteiger partial charge in [-0.25, -0.2) is 4.79 Å². The molecular weight excluding hydrogens is 240 g/mol. The van der Waals surface area contributed by atoms with E-state index in [0.717, 1.165) is 11.3 Å². The van der Waals surface area contributed by atoms with Crippen LogP contribution in [0.3, 0.4) is 0 Å². The Balaban J connectivity index is 0.000000524. The van der Waals surface area contributed by atoms with Gasteiger partial charge in [0.15, 0.2) is 0 Å². The van der Waals surface area contributed by atoms with E-state index in [0.29, 0.717) is 0 Å². The van der Waals surface area contributed by atoms with Crippen LogP contribution in [0.15, 0.2) is 42.5 Å². The number of carbonyl (C=O) groups excluding carboxylic acids is 1. The van der Waals surface area contributed by atoms with E-state index in [2.05, 4.69) is 4.74 Å². The van der Waals surface area contributed by atoms with Gasteiger partial charge in [-0.1, -0.05) is 49.6 Å². The minimum absolute atomic E-state index is 0.362. The van der Waals surface area contributed by atoms with Gasteiger partial charge < -0.3 is 9.47 Å². The average molecular weight is 260 g/mol. The molecule has 1 aliphatic rings. The molecule has 1 aromatic carbocycles. The molecule has 0 radical (unpaired) electrons. The second kappa shape index (κ2) is 8.97. The molecule has 1 fully saturated rings. The summed E-state index contributed by atoms with van der Waals surface area (Å²) in [5, 5.41) is 0. The van der Waals surface area contributed by atoms with Crippen LogP contribution in [-0.2, 0) is 9.53 Å². The largest absolute Gasteiger partial charge is 0.497 e. The lowest BCUT2D eigenvalue weighted by Gasteiger charge is -1.98. The second-order valence-corrected chi connectivity index (χ2v) is 4.08. The topological polar surface area (TPSA) is 35.5 Å². The van der Waals surface area contributed by atoms with Crippen LogP contribution in [0, 0.1) is 0 Å². The Morgan fingerprint density at radius 3 is 2.16 bits per heavy atom. The fourth-order valence-electron chi connectivity index (χ4n) is 1.08. The molecular formula is C16H20O3. The Kier molecular flexibility index (Phi) is 7.10. The van der Waals surface area contributed by atoms with Gasteiger partial charge in [0.2, 0.25) is 0 Å². The van der Waals surface area contributed by atoms with Gasteiger partial charge in [-0.3, -0.25) is 0 Å². The standard InChI is InChI=1S/C13H14O3.C3H6/c1-15-12-9-7-11(8-10-12)5-3-4-6-13(14)16-2;1-2-3-1/h3-10H,1-2H3;1-3H2. The fraction of sp³-hybridized carbons (Fsp3) is 0.312. The first kappa shape index (κ1) is 15.0. The highest BCUT2D eigenvalue weighted by atomic mass is 16.5. The van der Waals surface area contributed by atoms with E-state index >= 15 is 0 Å². The summed E-state index contributed by atoms with van der Waals surface area (Å²) in [6.07, 6.45) is 11.2. The molecule has 102 valence electrons. The number of hydrogen-bond acceptors (Lipinski definition) is 3. The SMILES string of the molecule is C1CC1.COC(=O)C=CC=Cc1ccc(OC)cc1. The predicted octanol–water partition coefficient (Wildman–Crippen LogP) is 3.61. The molecule has 0 N–H and O–H groups in total. The third-order valence-corrected chi connectivity index (χ3v) is 2.30. The maximum absolute atomic E-state index is 10.7. The van der Waals surface area contributed by atoms with E-state index in [9.17, 15) is 4.79 Å². The maximum atomic E-state index is 10.7. The van der Waals surface area contributed by atoms with Crippen LogP contribution < -0.4 is 4.74 Å². The van der Waals surface area contributed by atoms with Crippen molar-refractivity contribution in [3.05, 3.63) is 48.1 Å². The number of esters is 1. The zero-order valence-electron chi connectivity index (χ0n) is 11.5. The highest BCUT2D eigenvalue weighted by molar-refractivity contribution is 5.82. The van der Waals surface area contributed by atoms with Gasteiger partial charge >= 0.3 is 5.97 Å². The fourth-order valence-corrected chi connectivity index (χ4v) is 1.08. The zero-order chi connectivity index (χ0) is 13.9. The van der Waals surface area contributed by atoms with Gasteiger partial charge in [-0.05, 0) is 17.7 Å². The number of benzene rings is 1. The number of rotatable bonds is 4. The second-order valence-electron chi connectivity index (χ2n) is 4.08. The molecule has 1 aliphatic carbocycles. The summed E-state index contributed by atoms with van der Waals surface area (Å²) in [5.74, 6) is 0.460. The number of ether oxygens (including phenoxy) is 2. The van der Waals surface area contributed by atoms with Crippen LogP contribution in [0.2, 0.25) is 0 Å². The first-order valence-corrected chi connectivity index (χ1v) is 6.33. The van der Waals surface area contributed by atoms with Gasteiger partial charge in [0, 0.05) is 6.08 Å². The van der Waals surface area contributed by atoms with E-state index in [1.165, 1.54) is 32.4 Å². The van der Waals surface area contributed by atoms with Crippen LogP contribution in [0.5, 0.6) is 5.75 Å². The average Bonchev–Trinajstić information content (AvgIpc) is 3.32. The predicted molar refractivity (Wildman–Crippen MR) is 77.0 cm³/mol. The van der Waals surface area contributed by atoms with E-state index in [1.54, 1.807) is 19.3 Å². The summed E-state index contributed by atoms with van der Waals surface area (Å²) in [6, 6.07) is 7.62. The Morgan fingerprint density at radius 1 is 1.05 bits per heavy atom. The molecule has 0 bridgehead atoms. The van der Waals surface area contributed by atoms with Crippen LogP contribution in [0.4, 0.5) is 0 Å². The Morgan fingerprint density at radius 2 is 1.68 bits per heavy atom. The van der Waals surface area contributed by atoms with Gasteiger partial charge in [-0.15, -0.1) is 0 Å². The lowest BCUT2D eigenvalue weighted by atomic mass is 10.2. The van der Waals surface area contributed by atoms with E-state index in [1.807, 2.05) is 30.3 Å². The van der Waals surface area contributed by atoms with Crippen molar-refractivity contribution in [1.29, 1.82) is 0 Å². The smallest absolute Gasteiger partial charge is 0.330 e. The number of hydrogen-bond donors (Lipinski definition) is 0. The summed E-state index contributed by atoms with van der Waals surface area (Å²) in [4.78, 5) is 10.7. The van der Waals surface area contributed by atoms with Gasteiger partial charge in [0.1, 0.15) is 5.75 Å². The van der Waals surface area contributed by atoms with Crippen molar-refractivity contribution in [3.63, 3.8) is 0 Å².